The van der Waals surface area contributed by atoms with Gasteiger partial charge in [-0.15, -0.1) is 0 Å². The Morgan fingerprint density at radius 2 is 2.12 bits per heavy atom. The predicted molar refractivity (Wildman–Crippen MR) is 58.0 cm³/mol. The van der Waals surface area contributed by atoms with Gasteiger partial charge in [-0.1, -0.05) is 0 Å². The van der Waals surface area contributed by atoms with Crippen LogP contribution in [0.1, 0.15) is 30.0 Å². The highest BCUT2D eigenvalue weighted by molar-refractivity contribution is 5.40. The Morgan fingerprint density at radius 3 is 2.65 bits per heavy atom. The monoisotopic (exact) mass is 245 g/mol. The van der Waals surface area contributed by atoms with Crippen LogP contribution in [0, 0.1) is 0 Å². The van der Waals surface area contributed by atoms with E-state index in [4.69, 9.17) is 4.74 Å². The first-order chi connectivity index (χ1) is 8.02. The van der Waals surface area contributed by atoms with E-state index in [0.29, 0.717) is 11.3 Å². The predicted octanol–water partition coefficient (Wildman–Crippen LogP) is 3.14. The first kappa shape index (κ1) is 12.2. The second-order valence-corrected chi connectivity index (χ2v) is 4.10. The molecule has 1 saturated heterocycles. The molecule has 94 valence electrons. The number of methoxy groups -OCH3 is 1. The SMILES string of the molecule is COc1ccc(C(F)(F)F)cc1[C@H]1CCCN1. The van der Waals surface area contributed by atoms with Gasteiger partial charge in [0.05, 0.1) is 12.7 Å². The molecule has 0 radical (unpaired) electrons. The van der Waals surface area contributed by atoms with Crippen molar-refractivity contribution >= 4 is 0 Å². The van der Waals surface area contributed by atoms with Gasteiger partial charge < -0.3 is 10.1 Å². The van der Waals surface area contributed by atoms with E-state index in [1.54, 1.807) is 0 Å². The lowest BCUT2D eigenvalue weighted by atomic mass is 10.0. The summed E-state index contributed by atoms with van der Waals surface area (Å²) in [6, 6.07) is 3.59. The molecule has 1 aliphatic heterocycles. The molecule has 0 aromatic heterocycles. The molecular weight excluding hydrogens is 231 g/mol. The number of benzene rings is 1. The largest absolute Gasteiger partial charge is 0.496 e. The van der Waals surface area contributed by atoms with E-state index in [0.717, 1.165) is 25.5 Å². The van der Waals surface area contributed by atoms with E-state index in [9.17, 15) is 13.2 Å². The number of alkyl halides is 3. The van der Waals surface area contributed by atoms with Crippen LogP contribution in [0.4, 0.5) is 13.2 Å². The average Bonchev–Trinajstić information content (AvgIpc) is 2.80. The Morgan fingerprint density at radius 1 is 1.35 bits per heavy atom. The van der Waals surface area contributed by atoms with E-state index in [-0.39, 0.29) is 6.04 Å². The third-order valence-corrected chi connectivity index (χ3v) is 2.99. The normalized spacial score (nSPS) is 20.6. The molecule has 1 heterocycles. The fraction of sp³-hybridized carbons (Fsp3) is 0.500. The number of hydrogen-bond donors (Lipinski definition) is 1. The van der Waals surface area contributed by atoms with E-state index in [1.165, 1.54) is 19.2 Å². The van der Waals surface area contributed by atoms with E-state index in [1.807, 2.05) is 0 Å². The molecule has 1 atom stereocenters. The molecule has 2 nitrogen and oxygen atoms in total. The van der Waals surface area contributed by atoms with Crippen LogP contribution in [0.25, 0.3) is 0 Å². The molecule has 0 unspecified atom stereocenters. The lowest BCUT2D eigenvalue weighted by molar-refractivity contribution is -0.137. The van der Waals surface area contributed by atoms with Gasteiger partial charge >= 0.3 is 6.18 Å². The summed E-state index contributed by atoms with van der Waals surface area (Å²) >= 11 is 0. The molecule has 5 heteroatoms. The fourth-order valence-corrected chi connectivity index (χ4v) is 2.13. The van der Waals surface area contributed by atoms with Gasteiger partial charge in [0.1, 0.15) is 5.75 Å². The second kappa shape index (κ2) is 4.56. The highest BCUT2D eigenvalue weighted by atomic mass is 19.4. The number of rotatable bonds is 2. The molecule has 0 spiro atoms. The Bertz CT molecular complexity index is 397. The third kappa shape index (κ3) is 2.54. The van der Waals surface area contributed by atoms with Gasteiger partial charge in [0, 0.05) is 11.6 Å². The lowest BCUT2D eigenvalue weighted by Gasteiger charge is -2.17. The van der Waals surface area contributed by atoms with Gasteiger partial charge in [-0.25, -0.2) is 0 Å². The molecule has 2 rings (SSSR count). The van der Waals surface area contributed by atoms with Crippen molar-refractivity contribution in [3.63, 3.8) is 0 Å². The lowest BCUT2D eigenvalue weighted by Crippen LogP contribution is -2.15. The van der Waals surface area contributed by atoms with Gasteiger partial charge in [-0.2, -0.15) is 13.2 Å². The van der Waals surface area contributed by atoms with Crippen molar-refractivity contribution in [2.45, 2.75) is 25.1 Å². The first-order valence-electron chi connectivity index (χ1n) is 5.51. The highest BCUT2D eigenvalue weighted by Crippen LogP contribution is 2.36. The van der Waals surface area contributed by atoms with Crippen LogP contribution in [-0.2, 0) is 6.18 Å². The minimum atomic E-state index is -4.31. The zero-order valence-corrected chi connectivity index (χ0v) is 9.47. The molecule has 0 saturated carbocycles. The summed E-state index contributed by atoms with van der Waals surface area (Å²) in [5.41, 5.74) is -0.0261. The van der Waals surface area contributed by atoms with Crippen LogP contribution in [0.5, 0.6) is 5.75 Å². The van der Waals surface area contributed by atoms with Crippen molar-refractivity contribution in [2.75, 3.05) is 13.7 Å². The average molecular weight is 245 g/mol. The van der Waals surface area contributed by atoms with Crippen LogP contribution in [0.15, 0.2) is 18.2 Å². The molecule has 0 bridgehead atoms. The van der Waals surface area contributed by atoms with E-state index >= 15 is 0 Å². The minimum absolute atomic E-state index is 0.0350. The summed E-state index contributed by atoms with van der Waals surface area (Å²) in [5.74, 6) is 0.511. The summed E-state index contributed by atoms with van der Waals surface area (Å²) in [6.07, 6.45) is -2.48. The number of halogens is 3. The zero-order chi connectivity index (χ0) is 12.5. The van der Waals surface area contributed by atoms with Gasteiger partial charge in [0.25, 0.3) is 0 Å². The van der Waals surface area contributed by atoms with Crippen molar-refractivity contribution < 1.29 is 17.9 Å². The van der Waals surface area contributed by atoms with Crippen molar-refractivity contribution in [3.05, 3.63) is 29.3 Å². The highest BCUT2D eigenvalue weighted by Gasteiger charge is 2.32. The summed E-state index contributed by atoms with van der Waals surface area (Å²) in [7, 11) is 1.47. The molecule has 1 N–H and O–H groups in total. The number of nitrogens with one attached hydrogen (secondary N) is 1. The summed E-state index contributed by atoms with van der Waals surface area (Å²) in [6.45, 7) is 0.837. The topological polar surface area (TPSA) is 21.3 Å². The van der Waals surface area contributed by atoms with Crippen LogP contribution in [-0.4, -0.2) is 13.7 Å². The molecular formula is C12H14F3NO. The Hall–Kier alpha value is -1.23. The maximum atomic E-state index is 12.6. The molecule has 0 aliphatic carbocycles. The standard InChI is InChI=1S/C12H14F3NO/c1-17-11-5-4-8(12(13,14)15)7-9(11)10-3-2-6-16-10/h4-5,7,10,16H,2-3,6H2,1H3/t10-/m1/s1. The third-order valence-electron chi connectivity index (χ3n) is 2.99. The van der Waals surface area contributed by atoms with Crippen LogP contribution in [0.2, 0.25) is 0 Å². The van der Waals surface area contributed by atoms with Crippen molar-refractivity contribution in [2.24, 2.45) is 0 Å². The summed E-state index contributed by atoms with van der Waals surface area (Å²) < 4.78 is 43.0. The zero-order valence-electron chi connectivity index (χ0n) is 9.47. The second-order valence-electron chi connectivity index (χ2n) is 4.10. The smallest absolute Gasteiger partial charge is 0.416 e. The van der Waals surface area contributed by atoms with Gasteiger partial charge in [-0.05, 0) is 37.6 Å². The quantitative estimate of drug-likeness (QED) is 0.864. The van der Waals surface area contributed by atoms with Crippen molar-refractivity contribution in [1.29, 1.82) is 0 Å². The number of hydrogen-bond acceptors (Lipinski definition) is 2. The van der Waals surface area contributed by atoms with E-state index in [2.05, 4.69) is 5.32 Å². The number of ether oxygens (including phenoxy) is 1. The van der Waals surface area contributed by atoms with Gasteiger partial charge in [0.2, 0.25) is 0 Å². The van der Waals surface area contributed by atoms with Gasteiger partial charge in [0.15, 0.2) is 0 Å². The Labute approximate surface area is 97.8 Å². The van der Waals surface area contributed by atoms with Crippen molar-refractivity contribution in [3.8, 4) is 5.75 Å². The Balaban J connectivity index is 2.39. The fourth-order valence-electron chi connectivity index (χ4n) is 2.13. The summed E-state index contributed by atoms with van der Waals surface area (Å²) in [5, 5.41) is 3.18. The molecule has 1 fully saturated rings. The van der Waals surface area contributed by atoms with Gasteiger partial charge in [-0.3, -0.25) is 0 Å². The molecule has 1 aromatic carbocycles. The van der Waals surface area contributed by atoms with Crippen LogP contribution < -0.4 is 10.1 Å². The van der Waals surface area contributed by atoms with Crippen LogP contribution >= 0.6 is 0 Å². The molecule has 0 amide bonds. The molecule has 1 aliphatic rings. The Kier molecular flexibility index (Phi) is 3.28. The summed E-state index contributed by atoms with van der Waals surface area (Å²) in [4.78, 5) is 0. The van der Waals surface area contributed by atoms with Crippen LogP contribution in [0.3, 0.4) is 0 Å². The molecule has 1 aromatic rings. The maximum Gasteiger partial charge on any atom is 0.416 e. The minimum Gasteiger partial charge on any atom is -0.496 e. The molecule has 17 heavy (non-hydrogen) atoms. The van der Waals surface area contributed by atoms with Crippen molar-refractivity contribution in [1.82, 2.24) is 5.32 Å². The maximum absolute atomic E-state index is 12.6. The first-order valence-corrected chi connectivity index (χ1v) is 5.51. The van der Waals surface area contributed by atoms with E-state index < -0.39 is 11.7 Å².